The van der Waals surface area contributed by atoms with E-state index in [1.54, 1.807) is 13.8 Å². The fraction of sp³-hybridized carbons (Fsp3) is 0.273. The molecule has 0 aromatic carbocycles. The lowest BCUT2D eigenvalue weighted by Crippen LogP contribution is -2.23. The number of aromatic amines is 4. The second-order valence-corrected chi connectivity index (χ2v) is 10.6. The van der Waals surface area contributed by atoms with Crippen LogP contribution in [0.5, 0.6) is 11.8 Å². The molecule has 0 spiro atoms. The predicted molar refractivity (Wildman–Crippen MR) is 164 cm³/mol. The Morgan fingerprint density at radius 2 is 1.05 bits per heavy atom. The Kier molecular flexibility index (Phi) is 8.76. The first-order valence-electron chi connectivity index (χ1n) is 13.8. The van der Waals surface area contributed by atoms with E-state index in [1.165, 1.54) is 0 Å². The number of aliphatic carboxylic acids is 2. The minimum absolute atomic E-state index is 0.00968. The SMILES string of the molecule is C=C=c1c(C)c(O)[nH]c1=Cc1[nH]c(Cc2[nH]c(C=c3[nH]c(O)c(C)c3=C=C)c(CCC(=O)O)c2C)c(C)c1CCC(=O)O. The monoisotopic (exact) mass is 584 g/mol. The van der Waals surface area contributed by atoms with Crippen molar-refractivity contribution in [3.05, 3.63) is 90.4 Å². The molecule has 0 aliphatic rings. The molecule has 0 amide bonds. The number of aromatic hydroxyl groups is 2. The average molecular weight is 585 g/mol. The number of carboxylic acid groups (broad SMARTS) is 2. The molecule has 0 saturated carbocycles. The molecule has 4 heterocycles. The van der Waals surface area contributed by atoms with Gasteiger partial charge in [-0.25, -0.2) is 0 Å². The maximum Gasteiger partial charge on any atom is 0.303 e. The summed E-state index contributed by atoms with van der Waals surface area (Å²) in [6.45, 7) is 14.8. The Bertz CT molecular complexity index is 1890. The van der Waals surface area contributed by atoms with E-state index in [4.69, 9.17) is 0 Å². The summed E-state index contributed by atoms with van der Waals surface area (Å²) in [7, 11) is 0. The van der Waals surface area contributed by atoms with Gasteiger partial charge in [-0.1, -0.05) is 13.2 Å². The smallest absolute Gasteiger partial charge is 0.303 e. The van der Waals surface area contributed by atoms with Crippen LogP contribution in [0.3, 0.4) is 0 Å². The van der Waals surface area contributed by atoms with Gasteiger partial charge in [0.15, 0.2) is 11.8 Å². The number of rotatable bonds is 10. The van der Waals surface area contributed by atoms with Gasteiger partial charge < -0.3 is 40.4 Å². The minimum atomic E-state index is -0.910. The van der Waals surface area contributed by atoms with Crippen LogP contribution < -0.4 is 21.1 Å². The zero-order chi connectivity index (χ0) is 31.6. The normalized spacial score (nSPS) is 12.1. The van der Waals surface area contributed by atoms with Crippen molar-refractivity contribution in [3.8, 4) is 11.8 Å². The van der Waals surface area contributed by atoms with Gasteiger partial charge in [0.1, 0.15) is 0 Å². The molecule has 0 saturated heterocycles. The molecule has 0 bridgehead atoms. The molecule has 0 atom stereocenters. The Morgan fingerprint density at radius 3 is 1.37 bits per heavy atom. The van der Waals surface area contributed by atoms with Gasteiger partial charge in [0.05, 0.1) is 10.7 Å². The summed E-state index contributed by atoms with van der Waals surface area (Å²) >= 11 is 0. The molecule has 0 fully saturated rings. The van der Waals surface area contributed by atoms with Crippen LogP contribution in [0, 0.1) is 27.7 Å². The lowest BCUT2D eigenvalue weighted by atomic mass is 10.00. The van der Waals surface area contributed by atoms with Crippen molar-refractivity contribution in [2.45, 2.75) is 59.8 Å². The zero-order valence-electron chi connectivity index (χ0n) is 24.7. The molecule has 4 aromatic rings. The van der Waals surface area contributed by atoms with Crippen molar-refractivity contribution in [3.63, 3.8) is 0 Å². The lowest BCUT2D eigenvalue weighted by Gasteiger charge is -2.04. The standard InChI is InChI=1S/C33H36N4O6/c1-7-20-18(5)32(42)36-26(20)14-28-22(9-11-30(38)39)16(3)24(34-28)13-25-17(4)23(10-12-31(40)41)29(35-25)15-27-21(8-2)19(6)33(43)37-27/h14-15,34-37,42-43H,1-2,9-13H2,3-6H3,(H,38,39)(H,40,41). The summed E-state index contributed by atoms with van der Waals surface area (Å²) in [5, 5.41) is 41.7. The summed E-state index contributed by atoms with van der Waals surface area (Å²) in [4.78, 5) is 35.7. The summed E-state index contributed by atoms with van der Waals surface area (Å²) in [6.07, 6.45) is 4.56. The van der Waals surface area contributed by atoms with Crippen molar-refractivity contribution in [1.82, 2.24) is 19.9 Å². The number of hydrogen-bond acceptors (Lipinski definition) is 4. The van der Waals surface area contributed by atoms with E-state index >= 15 is 0 Å². The lowest BCUT2D eigenvalue weighted by molar-refractivity contribution is -0.138. The highest BCUT2D eigenvalue weighted by molar-refractivity contribution is 5.69. The number of carboxylic acids is 2. The minimum Gasteiger partial charge on any atom is -0.494 e. The number of nitrogens with one attached hydrogen (secondary N) is 4. The first-order chi connectivity index (χ1) is 20.4. The molecular weight excluding hydrogens is 548 g/mol. The van der Waals surface area contributed by atoms with E-state index in [2.05, 4.69) is 44.6 Å². The van der Waals surface area contributed by atoms with Crippen LogP contribution in [-0.4, -0.2) is 52.3 Å². The predicted octanol–water partition coefficient (Wildman–Crippen LogP) is 2.06. The number of aromatic nitrogens is 4. The first-order valence-corrected chi connectivity index (χ1v) is 13.8. The summed E-state index contributed by atoms with van der Waals surface area (Å²) in [5.74, 6) is -1.80. The van der Waals surface area contributed by atoms with Gasteiger partial charge in [-0.15, -0.1) is 11.5 Å². The third-order valence-corrected chi connectivity index (χ3v) is 8.00. The van der Waals surface area contributed by atoms with Crippen LogP contribution in [0.15, 0.2) is 13.2 Å². The fourth-order valence-corrected chi connectivity index (χ4v) is 5.49. The van der Waals surface area contributed by atoms with Crippen molar-refractivity contribution in [1.29, 1.82) is 0 Å². The van der Waals surface area contributed by atoms with E-state index < -0.39 is 11.9 Å². The highest BCUT2D eigenvalue weighted by Gasteiger charge is 2.19. The summed E-state index contributed by atoms with van der Waals surface area (Å²) in [5.41, 5.74) is 13.5. The molecule has 43 heavy (non-hydrogen) atoms. The van der Waals surface area contributed by atoms with Crippen molar-refractivity contribution < 1.29 is 30.0 Å². The van der Waals surface area contributed by atoms with Crippen LogP contribution in [0.4, 0.5) is 0 Å². The van der Waals surface area contributed by atoms with Crippen LogP contribution in [0.1, 0.15) is 69.0 Å². The molecule has 0 radical (unpaired) electrons. The Hall–Kier alpha value is -5.30. The topological polar surface area (TPSA) is 178 Å². The van der Waals surface area contributed by atoms with Crippen LogP contribution in [0.25, 0.3) is 23.6 Å². The maximum atomic E-state index is 11.5. The molecule has 10 heteroatoms. The molecule has 0 aliphatic heterocycles. The van der Waals surface area contributed by atoms with Gasteiger partial charge in [-0.2, -0.15) is 0 Å². The number of H-pyrrole nitrogens is 4. The molecule has 0 aliphatic carbocycles. The molecule has 4 aromatic heterocycles. The van der Waals surface area contributed by atoms with Crippen molar-refractivity contribution >= 4 is 35.6 Å². The van der Waals surface area contributed by atoms with Crippen LogP contribution >= 0.6 is 0 Å². The third kappa shape index (κ3) is 6.16. The summed E-state index contributed by atoms with van der Waals surface area (Å²) < 4.78 is 0. The maximum absolute atomic E-state index is 11.5. The largest absolute Gasteiger partial charge is 0.494 e. The summed E-state index contributed by atoms with van der Waals surface area (Å²) in [6, 6.07) is 0. The van der Waals surface area contributed by atoms with Crippen LogP contribution in [0.2, 0.25) is 0 Å². The van der Waals surface area contributed by atoms with Gasteiger partial charge in [-0.3, -0.25) is 9.59 Å². The van der Waals surface area contributed by atoms with Gasteiger partial charge in [-0.05, 0) is 74.9 Å². The molecule has 224 valence electrons. The van der Waals surface area contributed by atoms with Gasteiger partial charge in [0.25, 0.3) is 0 Å². The molecule has 0 unspecified atom stereocenters. The van der Waals surface area contributed by atoms with Gasteiger partial charge in [0, 0.05) is 63.6 Å². The molecule has 8 N–H and O–H groups in total. The number of hydrogen-bond donors (Lipinski definition) is 8. The first kappa shape index (κ1) is 30.7. The fourth-order valence-electron chi connectivity index (χ4n) is 5.49. The van der Waals surface area contributed by atoms with E-state index in [9.17, 15) is 30.0 Å². The Labute approximate surface area is 247 Å². The van der Waals surface area contributed by atoms with Crippen molar-refractivity contribution in [2.24, 2.45) is 0 Å². The average Bonchev–Trinajstić information content (AvgIpc) is 3.59. The van der Waals surface area contributed by atoms with E-state index in [0.29, 0.717) is 62.9 Å². The Morgan fingerprint density at radius 1 is 0.674 bits per heavy atom. The van der Waals surface area contributed by atoms with Crippen LogP contribution in [-0.2, 0) is 28.9 Å². The zero-order valence-corrected chi connectivity index (χ0v) is 24.7. The second kappa shape index (κ2) is 12.3. The second-order valence-electron chi connectivity index (χ2n) is 10.6. The van der Waals surface area contributed by atoms with E-state index in [-0.39, 0.29) is 24.6 Å². The third-order valence-electron chi connectivity index (χ3n) is 8.00. The van der Waals surface area contributed by atoms with E-state index in [1.807, 2.05) is 26.0 Å². The quantitative estimate of drug-likeness (QED) is 0.141. The highest BCUT2D eigenvalue weighted by atomic mass is 16.4. The highest BCUT2D eigenvalue weighted by Crippen LogP contribution is 2.27. The van der Waals surface area contributed by atoms with Gasteiger partial charge in [0.2, 0.25) is 0 Å². The number of carbonyl (C=O) groups is 2. The van der Waals surface area contributed by atoms with Gasteiger partial charge >= 0.3 is 11.9 Å². The molecule has 10 nitrogen and oxygen atoms in total. The Balaban J connectivity index is 1.87. The van der Waals surface area contributed by atoms with E-state index in [0.717, 1.165) is 33.6 Å². The molecule has 4 rings (SSSR count). The molecular formula is C33H36N4O6. The van der Waals surface area contributed by atoms with Crippen molar-refractivity contribution in [2.75, 3.05) is 0 Å².